The van der Waals surface area contributed by atoms with E-state index in [2.05, 4.69) is 20.3 Å². The minimum Gasteiger partial charge on any atom is -0.311 e. The van der Waals surface area contributed by atoms with E-state index in [4.69, 9.17) is 0 Å². The normalized spacial score (nSPS) is 15.5. The standard InChI is InChI=1S/C24H19BrN2O3S/c1-16-8-11-19(12-9-16)31(29,30)26-15-21(17-6-4-3-5-7-17)23-20-14-18(25)10-13-22(20)27(2)24(23)28/h3-15H,1-2H3/b23-21+,26-15-. The van der Waals surface area contributed by atoms with Crippen molar-refractivity contribution in [3.63, 3.8) is 0 Å². The first kappa shape index (κ1) is 21.2. The monoisotopic (exact) mass is 494 g/mol. The fourth-order valence-corrected chi connectivity index (χ4v) is 4.65. The van der Waals surface area contributed by atoms with Crippen molar-refractivity contribution >= 4 is 54.9 Å². The van der Waals surface area contributed by atoms with Gasteiger partial charge in [-0.05, 0) is 42.8 Å². The molecule has 1 aliphatic rings. The van der Waals surface area contributed by atoms with Crippen LogP contribution < -0.4 is 4.90 Å². The fourth-order valence-electron chi connectivity index (χ4n) is 3.45. The predicted octanol–water partition coefficient (Wildman–Crippen LogP) is 5.10. The summed E-state index contributed by atoms with van der Waals surface area (Å²) >= 11 is 3.46. The molecule has 3 aromatic rings. The SMILES string of the molecule is Cc1ccc(S(=O)(=O)/N=C\C(=C2/C(=O)N(C)c3ccc(Br)cc32)c2ccccc2)cc1. The van der Waals surface area contributed by atoms with Gasteiger partial charge in [0.15, 0.2) is 0 Å². The zero-order valence-corrected chi connectivity index (χ0v) is 19.3. The summed E-state index contributed by atoms with van der Waals surface area (Å²) in [5.41, 5.74) is 4.00. The second kappa shape index (κ2) is 8.24. The number of hydrogen-bond acceptors (Lipinski definition) is 3. The zero-order chi connectivity index (χ0) is 22.2. The van der Waals surface area contributed by atoms with E-state index in [1.165, 1.54) is 18.3 Å². The minimum absolute atomic E-state index is 0.102. The molecule has 1 heterocycles. The highest BCUT2D eigenvalue weighted by molar-refractivity contribution is 9.10. The lowest BCUT2D eigenvalue weighted by atomic mass is 9.96. The number of likely N-dealkylation sites (N-methyl/N-ethyl adjacent to an activating group) is 1. The van der Waals surface area contributed by atoms with Gasteiger partial charge in [0.2, 0.25) is 0 Å². The van der Waals surface area contributed by atoms with Crippen LogP contribution in [-0.2, 0) is 14.8 Å². The first-order valence-corrected chi connectivity index (χ1v) is 11.8. The Hall–Kier alpha value is -3.03. The van der Waals surface area contributed by atoms with E-state index in [9.17, 15) is 13.2 Å². The van der Waals surface area contributed by atoms with Gasteiger partial charge in [-0.15, -0.1) is 0 Å². The number of carbonyl (C=O) groups excluding carboxylic acids is 1. The van der Waals surface area contributed by atoms with Gasteiger partial charge in [-0.25, -0.2) is 0 Å². The van der Waals surface area contributed by atoms with Crippen LogP contribution in [0.25, 0.3) is 11.1 Å². The average molecular weight is 495 g/mol. The van der Waals surface area contributed by atoms with Crippen molar-refractivity contribution in [2.45, 2.75) is 11.8 Å². The molecule has 156 valence electrons. The van der Waals surface area contributed by atoms with Crippen molar-refractivity contribution in [2.75, 3.05) is 11.9 Å². The number of amides is 1. The summed E-state index contributed by atoms with van der Waals surface area (Å²) in [6.45, 7) is 1.88. The predicted molar refractivity (Wildman–Crippen MR) is 128 cm³/mol. The molecular formula is C24H19BrN2O3S. The number of benzene rings is 3. The summed E-state index contributed by atoms with van der Waals surface area (Å²) in [6.07, 6.45) is 1.28. The number of allylic oxidation sites excluding steroid dienone is 1. The number of hydrogen-bond donors (Lipinski definition) is 0. The third-order valence-electron chi connectivity index (χ3n) is 5.10. The molecule has 0 saturated carbocycles. The summed E-state index contributed by atoms with van der Waals surface area (Å²) in [5, 5.41) is 0. The van der Waals surface area contributed by atoms with Gasteiger partial charge in [-0.3, -0.25) is 4.79 Å². The van der Waals surface area contributed by atoms with Crippen molar-refractivity contribution < 1.29 is 13.2 Å². The third kappa shape index (κ3) is 4.11. The molecule has 0 aliphatic carbocycles. The minimum atomic E-state index is -3.93. The molecule has 0 bridgehead atoms. The Balaban J connectivity index is 1.91. The number of halogens is 1. The summed E-state index contributed by atoms with van der Waals surface area (Å²) in [5.74, 6) is -0.217. The average Bonchev–Trinajstić information content (AvgIpc) is 2.99. The Morgan fingerprint density at radius 2 is 1.68 bits per heavy atom. The number of carbonyl (C=O) groups is 1. The Labute approximate surface area is 189 Å². The number of nitrogens with zero attached hydrogens (tertiary/aromatic N) is 2. The van der Waals surface area contributed by atoms with Crippen LogP contribution >= 0.6 is 15.9 Å². The number of rotatable bonds is 4. The first-order chi connectivity index (χ1) is 14.8. The smallest absolute Gasteiger partial charge is 0.282 e. The molecule has 0 radical (unpaired) electrons. The van der Waals surface area contributed by atoms with E-state index in [0.29, 0.717) is 16.7 Å². The third-order valence-corrected chi connectivity index (χ3v) is 6.85. The fraction of sp³-hybridized carbons (Fsp3) is 0.0833. The van der Waals surface area contributed by atoms with Gasteiger partial charge in [0.1, 0.15) is 0 Å². The molecule has 31 heavy (non-hydrogen) atoms. The summed E-state index contributed by atoms with van der Waals surface area (Å²) in [4.78, 5) is 14.8. The Morgan fingerprint density at radius 1 is 1.00 bits per heavy atom. The van der Waals surface area contributed by atoms with Crippen LogP contribution in [0.5, 0.6) is 0 Å². The van der Waals surface area contributed by atoms with Crippen LogP contribution in [-0.4, -0.2) is 27.6 Å². The van der Waals surface area contributed by atoms with Crippen molar-refractivity contribution in [3.05, 3.63) is 94.0 Å². The van der Waals surface area contributed by atoms with E-state index in [1.54, 1.807) is 24.1 Å². The van der Waals surface area contributed by atoms with Crippen molar-refractivity contribution in [2.24, 2.45) is 4.40 Å². The van der Waals surface area contributed by atoms with E-state index < -0.39 is 10.0 Å². The number of aryl methyl sites for hydroxylation is 1. The molecule has 0 aromatic heterocycles. The van der Waals surface area contributed by atoms with Gasteiger partial charge in [0, 0.05) is 28.9 Å². The molecule has 0 spiro atoms. The molecule has 0 atom stereocenters. The van der Waals surface area contributed by atoms with Crippen LogP contribution in [0.15, 0.2) is 86.6 Å². The van der Waals surface area contributed by atoms with Gasteiger partial charge in [0.05, 0.1) is 16.2 Å². The molecule has 4 rings (SSSR count). The number of anilines is 1. The van der Waals surface area contributed by atoms with Crippen LogP contribution in [0.4, 0.5) is 5.69 Å². The van der Waals surface area contributed by atoms with Crippen LogP contribution in [0.3, 0.4) is 0 Å². The van der Waals surface area contributed by atoms with Gasteiger partial charge in [-0.1, -0.05) is 64.0 Å². The number of sulfonamides is 1. The second-order valence-electron chi connectivity index (χ2n) is 7.20. The maximum absolute atomic E-state index is 13.2. The maximum atomic E-state index is 13.2. The van der Waals surface area contributed by atoms with Crippen molar-refractivity contribution in [3.8, 4) is 0 Å². The molecule has 0 saturated heterocycles. The van der Waals surface area contributed by atoms with Gasteiger partial charge in [-0.2, -0.15) is 12.8 Å². The lowest BCUT2D eigenvalue weighted by molar-refractivity contribution is -0.112. The largest absolute Gasteiger partial charge is 0.311 e. The Bertz CT molecular complexity index is 1330. The Morgan fingerprint density at radius 3 is 2.35 bits per heavy atom. The van der Waals surface area contributed by atoms with Crippen LogP contribution in [0.1, 0.15) is 16.7 Å². The lowest BCUT2D eigenvalue weighted by Gasteiger charge is -2.09. The van der Waals surface area contributed by atoms with E-state index >= 15 is 0 Å². The highest BCUT2D eigenvalue weighted by Crippen LogP contribution is 2.41. The van der Waals surface area contributed by atoms with Crippen molar-refractivity contribution in [1.29, 1.82) is 0 Å². The first-order valence-electron chi connectivity index (χ1n) is 9.52. The second-order valence-corrected chi connectivity index (χ2v) is 9.75. The Kier molecular flexibility index (Phi) is 5.64. The molecule has 0 fully saturated rings. The molecule has 5 nitrogen and oxygen atoms in total. The topological polar surface area (TPSA) is 66.8 Å². The van der Waals surface area contributed by atoms with E-state index in [0.717, 1.165) is 21.3 Å². The van der Waals surface area contributed by atoms with E-state index in [1.807, 2.05) is 55.5 Å². The van der Waals surface area contributed by atoms with E-state index in [-0.39, 0.29) is 10.8 Å². The highest BCUT2D eigenvalue weighted by atomic mass is 79.9. The molecule has 1 aliphatic heterocycles. The van der Waals surface area contributed by atoms with Crippen molar-refractivity contribution in [1.82, 2.24) is 0 Å². The van der Waals surface area contributed by atoms with Gasteiger partial charge < -0.3 is 4.90 Å². The molecule has 1 amide bonds. The molecule has 3 aromatic carbocycles. The lowest BCUT2D eigenvalue weighted by Crippen LogP contribution is -2.21. The molecule has 0 N–H and O–H groups in total. The maximum Gasteiger partial charge on any atom is 0.282 e. The summed E-state index contributed by atoms with van der Waals surface area (Å²) in [6, 6.07) is 21.3. The molecule has 0 unspecified atom stereocenters. The highest BCUT2D eigenvalue weighted by Gasteiger charge is 2.32. The van der Waals surface area contributed by atoms with Crippen LogP contribution in [0, 0.1) is 6.92 Å². The van der Waals surface area contributed by atoms with Gasteiger partial charge in [0.25, 0.3) is 15.9 Å². The molecular weight excluding hydrogens is 476 g/mol. The van der Waals surface area contributed by atoms with Crippen LogP contribution in [0.2, 0.25) is 0 Å². The molecule has 7 heteroatoms. The number of fused-ring (bicyclic) bond motifs is 1. The zero-order valence-electron chi connectivity index (χ0n) is 16.9. The quantitative estimate of drug-likeness (QED) is 0.374. The summed E-state index contributed by atoms with van der Waals surface area (Å²) in [7, 11) is -2.23. The van der Waals surface area contributed by atoms with Gasteiger partial charge >= 0.3 is 0 Å². The summed E-state index contributed by atoms with van der Waals surface area (Å²) < 4.78 is 30.4.